The van der Waals surface area contributed by atoms with E-state index in [1.54, 1.807) is 17.0 Å². The van der Waals surface area contributed by atoms with Crippen molar-refractivity contribution < 1.29 is 13.9 Å². The molecule has 2 aromatic carbocycles. The van der Waals surface area contributed by atoms with Crippen molar-refractivity contribution in [2.75, 3.05) is 42.6 Å². The Bertz CT molecular complexity index is 751. The van der Waals surface area contributed by atoms with Gasteiger partial charge in [0.25, 0.3) is 0 Å². The van der Waals surface area contributed by atoms with Crippen molar-refractivity contribution in [2.45, 2.75) is 19.8 Å². The zero-order chi connectivity index (χ0) is 19.1. The fraction of sp³-hybridized carbons (Fsp3) is 0.381. The molecule has 0 spiro atoms. The summed E-state index contributed by atoms with van der Waals surface area (Å²) in [6.45, 7) is 5.52. The molecular formula is C21H26FN3O2. The summed E-state index contributed by atoms with van der Waals surface area (Å²) in [6.07, 6.45) is 1.61. The number of ether oxygens (including phenoxy) is 1. The number of hydrogen-bond donors (Lipinski definition) is 1. The number of halogens is 1. The van der Waals surface area contributed by atoms with Gasteiger partial charge in [0, 0.05) is 31.9 Å². The minimum atomic E-state index is -0.233. The normalized spacial score (nSPS) is 13.3. The zero-order valence-corrected chi connectivity index (χ0v) is 15.7. The Hall–Kier alpha value is -2.76. The molecule has 1 N–H and O–H groups in total. The number of urea groups is 1. The van der Waals surface area contributed by atoms with E-state index in [4.69, 9.17) is 4.74 Å². The largest absolute Gasteiger partial charge is 0.491 e. The molecule has 1 heterocycles. The van der Waals surface area contributed by atoms with Gasteiger partial charge in [-0.3, -0.25) is 4.90 Å². The first kappa shape index (κ1) is 19.0. The third-order valence-corrected chi connectivity index (χ3v) is 4.64. The molecule has 144 valence electrons. The van der Waals surface area contributed by atoms with Gasteiger partial charge < -0.3 is 15.0 Å². The summed E-state index contributed by atoms with van der Waals surface area (Å²) < 4.78 is 18.8. The van der Waals surface area contributed by atoms with Gasteiger partial charge in [-0.2, -0.15) is 0 Å². The highest BCUT2D eigenvalue weighted by Crippen LogP contribution is 2.30. The number of carbonyl (C=O) groups is 1. The van der Waals surface area contributed by atoms with Crippen molar-refractivity contribution in [3.05, 3.63) is 54.3 Å². The Labute approximate surface area is 159 Å². The summed E-state index contributed by atoms with van der Waals surface area (Å²) in [6, 6.07) is 14.0. The number of amides is 2. The van der Waals surface area contributed by atoms with Crippen molar-refractivity contribution in [1.29, 1.82) is 0 Å². The lowest BCUT2D eigenvalue weighted by Crippen LogP contribution is -2.41. The summed E-state index contributed by atoms with van der Waals surface area (Å²) in [5.74, 6) is 0.516. The van der Waals surface area contributed by atoms with Crippen LogP contribution in [0.25, 0.3) is 0 Å². The minimum Gasteiger partial charge on any atom is -0.491 e. The first-order valence-corrected chi connectivity index (χ1v) is 9.46. The molecule has 3 rings (SSSR count). The second-order valence-electron chi connectivity index (χ2n) is 6.46. The highest BCUT2D eigenvalue weighted by Gasteiger charge is 2.21. The van der Waals surface area contributed by atoms with E-state index < -0.39 is 0 Å². The van der Waals surface area contributed by atoms with Crippen LogP contribution in [-0.4, -0.2) is 38.8 Å². The van der Waals surface area contributed by atoms with E-state index in [0.29, 0.717) is 19.7 Å². The van der Waals surface area contributed by atoms with Crippen LogP contribution in [0.3, 0.4) is 0 Å². The molecule has 0 aromatic heterocycles. The third-order valence-electron chi connectivity index (χ3n) is 4.64. The van der Waals surface area contributed by atoms with Crippen molar-refractivity contribution >= 4 is 17.4 Å². The number of anilines is 2. The van der Waals surface area contributed by atoms with Gasteiger partial charge >= 0.3 is 6.03 Å². The van der Waals surface area contributed by atoms with Crippen LogP contribution >= 0.6 is 0 Å². The number of para-hydroxylation sites is 2. The fourth-order valence-corrected chi connectivity index (χ4v) is 3.22. The van der Waals surface area contributed by atoms with Gasteiger partial charge in [-0.1, -0.05) is 12.1 Å². The molecule has 1 aliphatic heterocycles. The Morgan fingerprint density at radius 1 is 1.22 bits per heavy atom. The van der Waals surface area contributed by atoms with Crippen LogP contribution in [0.15, 0.2) is 48.5 Å². The highest BCUT2D eigenvalue weighted by atomic mass is 19.1. The maximum absolute atomic E-state index is 13.1. The number of nitrogens with zero attached hydrogens (tertiary/aromatic N) is 2. The Balaban J connectivity index is 1.51. The molecule has 2 aromatic rings. The fourth-order valence-electron chi connectivity index (χ4n) is 3.22. The molecule has 0 radical (unpaired) electrons. The van der Waals surface area contributed by atoms with Crippen LogP contribution in [0.1, 0.15) is 19.8 Å². The van der Waals surface area contributed by atoms with Gasteiger partial charge in [0.2, 0.25) is 0 Å². The standard InChI is InChI=1S/C21H26FN3O2/c1-2-24(18-11-9-17(22)10-12-18)14-5-13-23-21(26)25-15-6-16-27-20-8-4-3-7-19(20)25/h3-4,7-12H,2,5-6,13-16H2,1H3,(H,23,26). The molecule has 5 nitrogen and oxygen atoms in total. The molecule has 0 fully saturated rings. The van der Waals surface area contributed by atoms with Crippen LogP contribution in [0, 0.1) is 5.82 Å². The Morgan fingerprint density at radius 2 is 2.00 bits per heavy atom. The summed E-state index contributed by atoms with van der Waals surface area (Å²) >= 11 is 0. The van der Waals surface area contributed by atoms with Gasteiger partial charge in [-0.05, 0) is 56.2 Å². The topological polar surface area (TPSA) is 44.8 Å². The Morgan fingerprint density at radius 3 is 2.78 bits per heavy atom. The molecule has 6 heteroatoms. The average Bonchev–Trinajstić information content (AvgIpc) is 2.91. The summed E-state index contributed by atoms with van der Waals surface area (Å²) in [4.78, 5) is 16.6. The Kier molecular flexibility index (Phi) is 6.52. The number of hydrogen-bond acceptors (Lipinski definition) is 3. The maximum atomic E-state index is 13.1. The first-order valence-electron chi connectivity index (χ1n) is 9.46. The van der Waals surface area contributed by atoms with Crippen molar-refractivity contribution in [3.8, 4) is 5.75 Å². The summed E-state index contributed by atoms with van der Waals surface area (Å²) in [5.41, 5.74) is 1.80. The van der Waals surface area contributed by atoms with Gasteiger partial charge in [-0.25, -0.2) is 9.18 Å². The van der Waals surface area contributed by atoms with Crippen molar-refractivity contribution in [1.82, 2.24) is 5.32 Å². The molecule has 1 aliphatic rings. The van der Waals surface area contributed by atoms with Crippen LogP contribution in [0.4, 0.5) is 20.6 Å². The zero-order valence-electron chi connectivity index (χ0n) is 15.7. The molecule has 0 saturated carbocycles. The van der Waals surface area contributed by atoms with E-state index in [2.05, 4.69) is 17.1 Å². The van der Waals surface area contributed by atoms with E-state index in [1.807, 2.05) is 24.3 Å². The number of fused-ring (bicyclic) bond motifs is 1. The van der Waals surface area contributed by atoms with Crippen LogP contribution in [0.5, 0.6) is 5.75 Å². The monoisotopic (exact) mass is 371 g/mol. The van der Waals surface area contributed by atoms with Crippen LogP contribution < -0.4 is 19.9 Å². The number of rotatable bonds is 6. The van der Waals surface area contributed by atoms with E-state index >= 15 is 0 Å². The molecule has 0 aliphatic carbocycles. The minimum absolute atomic E-state index is 0.0993. The van der Waals surface area contributed by atoms with E-state index in [1.165, 1.54) is 12.1 Å². The van der Waals surface area contributed by atoms with Crippen molar-refractivity contribution in [3.63, 3.8) is 0 Å². The van der Waals surface area contributed by atoms with Gasteiger partial charge in [0.05, 0.1) is 12.3 Å². The summed E-state index contributed by atoms with van der Waals surface area (Å²) in [7, 11) is 0. The number of nitrogens with one attached hydrogen (secondary N) is 1. The van der Waals surface area contributed by atoms with Crippen molar-refractivity contribution in [2.24, 2.45) is 0 Å². The molecule has 0 unspecified atom stereocenters. The molecule has 0 atom stereocenters. The summed E-state index contributed by atoms with van der Waals surface area (Å²) in [5, 5.41) is 3.01. The SMILES string of the molecule is CCN(CCCNC(=O)N1CCCOc2ccccc21)c1ccc(F)cc1. The first-order chi connectivity index (χ1) is 13.2. The van der Waals surface area contributed by atoms with E-state index in [0.717, 1.165) is 43.1 Å². The molecule has 0 bridgehead atoms. The smallest absolute Gasteiger partial charge is 0.321 e. The predicted molar refractivity (Wildman–Crippen MR) is 106 cm³/mol. The van der Waals surface area contributed by atoms with E-state index in [-0.39, 0.29) is 11.8 Å². The maximum Gasteiger partial charge on any atom is 0.321 e. The average molecular weight is 371 g/mol. The second kappa shape index (κ2) is 9.26. The quantitative estimate of drug-likeness (QED) is 0.780. The van der Waals surface area contributed by atoms with Gasteiger partial charge in [0.15, 0.2) is 0 Å². The number of benzene rings is 2. The van der Waals surface area contributed by atoms with E-state index in [9.17, 15) is 9.18 Å². The molecule has 27 heavy (non-hydrogen) atoms. The van der Waals surface area contributed by atoms with Gasteiger partial charge in [-0.15, -0.1) is 0 Å². The van der Waals surface area contributed by atoms with Crippen LogP contribution in [-0.2, 0) is 0 Å². The van der Waals surface area contributed by atoms with Gasteiger partial charge in [0.1, 0.15) is 11.6 Å². The lowest BCUT2D eigenvalue weighted by Gasteiger charge is -2.24. The van der Waals surface area contributed by atoms with Crippen LogP contribution in [0.2, 0.25) is 0 Å². The lowest BCUT2D eigenvalue weighted by atomic mass is 10.2. The predicted octanol–water partition coefficient (Wildman–Crippen LogP) is 4.04. The third kappa shape index (κ3) is 4.90. The molecule has 0 saturated heterocycles. The molecular weight excluding hydrogens is 345 g/mol. The lowest BCUT2D eigenvalue weighted by molar-refractivity contribution is 0.246. The number of carbonyl (C=O) groups excluding carboxylic acids is 1. The highest BCUT2D eigenvalue weighted by molar-refractivity contribution is 5.93. The second-order valence-corrected chi connectivity index (χ2v) is 6.46. The molecule has 2 amide bonds.